The molecule has 0 aromatic heterocycles. The number of carboxylic acid groups (broad SMARTS) is 2. The van der Waals surface area contributed by atoms with Crippen LogP contribution in [-0.4, -0.2) is 22.2 Å². The van der Waals surface area contributed by atoms with Crippen LogP contribution in [0.3, 0.4) is 0 Å². The standard InChI is InChI=1S/C13H22O4/c1-3-4-5-9-6-7-10(12(14)15)8(2)11(9)13(16)17/h8-11H,3-7H2,1-2H3,(H,14,15)(H,16,17). The van der Waals surface area contributed by atoms with Gasteiger partial charge >= 0.3 is 11.9 Å². The van der Waals surface area contributed by atoms with E-state index in [1.165, 1.54) is 0 Å². The van der Waals surface area contributed by atoms with Gasteiger partial charge in [0, 0.05) is 0 Å². The lowest BCUT2D eigenvalue weighted by Gasteiger charge is -2.37. The lowest BCUT2D eigenvalue weighted by Crippen LogP contribution is -2.41. The van der Waals surface area contributed by atoms with Crippen LogP contribution in [0.15, 0.2) is 0 Å². The Bertz CT molecular complexity index is 287. The summed E-state index contributed by atoms with van der Waals surface area (Å²) >= 11 is 0. The quantitative estimate of drug-likeness (QED) is 0.777. The molecule has 2 N–H and O–H groups in total. The predicted octanol–water partition coefficient (Wildman–Crippen LogP) is 2.62. The van der Waals surface area contributed by atoms with Crippen molar-refractivity contribution in [2.75, 3.05) is 0 Å². The fraction of sp³-hybridized carbons (Fsp3) is 0.846. The third-order valence-corrected chi connectivity index (χ3v) is 4.09. The topological polar surface area (TPSA) is 74.6 Å². The summed E-state index contributed by atoms with van der Waals surface area (Å²) in [5, 5.41) is 18.4. The molecule has 0 radical (unpaired) electrons. The number of hydrogen-bond acceptors (Lipinski definition) is 2. The fourth-order valence-corrected chi connectivity index (χ4v) is 3.08. The summed E-state index contributed by atoms with van der Waals surface area (Å²) in [7, 11) is 0. The molecule has 1 fully saturated rings. The van der Waals surface area contributed by atoms with Crippen LogP contribution in [0.5, 0.6) is 0 Å². The van der Waals surface area contributed by atoms with E-state index in [1.54, 1.807) is 6.92 Å². The Morgan fingerprint density at radius 3 is 2.29 bits per heavy atom. The summed E-state index contributed by atoms with van der Waals surface area (Å²) in [4.78, 5) is 22.4. The van der Waals surface area contributed by atoms with E-state index in [0.29, 0.717) is 6.42 Å². The van der Waals surface area contributed by atoms with Crippen LogP contribution in [0.4, 0.5) is 0 Å². The number of unbranched alkanes of at least 4 members (excludes halogenated alkanes) is 1. The largest absolute Gasteiger partial charge is 0.481 e. The summed E-state index contributed by atoms with van der Waals surface area (Å²) in [5.41, 5.74) is 0. The first-order chi connectivity index (χ1) is 7.99. The monoisotopic (exact) mass is 242 g/mol. The van der Waals surface area contributed by atoms with Crippen LogP contribution in [0.1, 0.15) is 46.0 Å². The van der Waals surface area contributed by atoms with Crippen molar-refractivity contribution >= 4 is 11.9 Å². The van der Waals surface area contributed by atoms with Crippen molar-refractivity contribution in [2.24, 2.45) is 23.7 Å². The summed E-state index contributed by atoms with van der Waals surface area (Å²) in [6.45, 7) is 3.86. The molecule has 0 spiro atoms. The first-order valence-electron chi connectivity index (χ1n) is 6.44. The van der Waals surface area contributed by atoms with E-state index in [0.717, 1.165) is 25.7 Å². The molecule has 4 unspecified atom stereocenters. The van der Waals surface area contributed by atoms with Crippen LogP contribution in [0, 0.1) is 23.7 Å². The molecule has 4 heteroatoms. The first kappa shape index (κ1) is 14.0. The highest BCUT2D eigenvalue weighted by Gasteiger charge is 2.43. The summed E-state index contributed by atoms with van der Waals surface area (Å²) < 4.78 is 0. The Balaban J connectivity index is 2.77. The first-order valence-corrected chi connectivity index (χ1v) is 6.44. The third kappa shape index (κ3) is 3.20. The maximum absolute atomic E-state index is 11.3. The van der Waals surface area contributed by atoms with E-state index in [1.807, 2.05) is 0 Å². The zero-order valence-corrected chi connectivity index (χ0v) is 10.6. The van der Waals surface area contributed by atoms with Gasteiger partial charge in [0.15, 0.2) is 0 Å². The molecule has 0 amide bonds. The van der Waals surface area contributed by atoms with E-state index in [-0.39, 0.29) is 11.8 Å². The molecule has 0 aromatic carbocycles. The zero-order chi connectivity index (χ0) is 13.0. The minimum absolute atomic E-state index is 0.151. The molecule has 1 saturated carbocycles. The van der Waals surface area contributed by atoms with Crippen molar-refractivity contribution in [1.82, 2.24) is 0 Å². The van der Waals surface area contributed by atoms with E-state index in [9.17, 15) is 14.7 Å². The maximum atomic E-state index is 11.3. The van der Waals surface area contributed by atoms with Gasteiger partial charge in [0.1, 0.15) is 0 Å². The van der Waals surface area contributed by atoms with E-state index < -0.39 is 23.8 Å². The van der Waals surface area contributed by atoms with Gasteiger partial charge in [0.05, 0.1) is 11.8 Å². The van der Waals surface area contributed by atoms with E-state index in [4.69, 9.17) is 5.11 Å². The lowest BCUT2D eigenvalue weighted by atomic mass is 9.66. The molecule has 1 aliphatic carbocycles. The third-order valence-electron chi connectivity index (χ3n) is 4.09. The average molecular weight is 242 g/mol. The second kappa shape index (κ2) is 6.03. The predicted molar refractivity (Wildman–Crippen MR) is 63.7 cm³/mol. The van der Waals surface area contributed by atoms with Crippen molar-refractivity contribution in [3.63, 3.8) is 0 Å². The van der Waals surface area contributed by atoms with Gasteiger partial charge in [-0.05, 0) is 31.1 Å². The Kier molecular flexibility index (Phi) is 4.97. The molecule has 0 aliphatic heterocycles. The highest BCUT2D eigenvalue weighted by Crippen LogP contribution is 2.41. The average Bonchev–Trinajstić information content (AvgIpc) is 2.25. The van der Waals surface area contributed by atoms with Gasteiger partial charge in [-0.3, -0.25) is 9.59 Å². The van der Waals surface area contributed by atoms with Gasteiger partial charge in [-0.1, -0.05) is 26.7 Å². The molecule has 0 saturated heterocycles. The second-order valence-electron chi connectivity index (χ2n) is 5.15. The Morgan fingerprint density at radius 2 is 1.82 bits per heavy atom. The number of carboxylic acids is 2. The molecular formula is C13H22O4. The lowest BCUT2D eigenvalue weighted by molar-refractivity contribution is -0.154. The molecular weight excluding hydrogens is 220 g/mol. The van der Waals surface area contributed by atoms with Gasteiger partial charge < -0.3 is 10.2 Å². The van der Waals surface area contributed by atoms with Crippen molar-refractivity contribution in [3.05, 3.63) is 0 Å². The minimum Gasteiger partial charge on any atom is -0.481 e. The van der Waals surface area contributed by atoms with Crippen molar-refractivity contribution in [1.29, 1.82) is 0 Å². The van der Waals surface area contributed by atoms with Crippen LogP contribution in [0.25, 0.3) is 0 Å². The molecule has 1 aliphatic rings. The SMILES string of the molecule is CCCCC1CCC(C(=O)O)C(C)C1C(=O)O. The van der Waals surface area contributed by atoms with Crippen molar-refractivity contribution in [2.45, 2.75) is 46.0 Å². The zero-order valence-electron chi connectivity index (χ0n) is 10.6. The van der Waals surface area contributed by atoms with Crippen molar-refractivity contribution in [3.8, 4) is 0 Å². The Hall–Kier alpha value is -1.06. The van der Waals surface area contributed by atoms with Gasteiger partial charge in [-0.25, -0.2) is 0 Å². The van der Waals surface area contributed by atoms with Gasteiger partial charge in [0.2, 0.25) is 0 Å². The number of hydrogen-bond donors (Lipinski definition) is 2. The highest BCUT2D eigenvalue weighted by molar-refractivity contribution is 5.75. The summed E-state index contributed by atoms with van der Waals surface area (Å²) in [5.74, 6) is -2.77. The fourth-order valence-electron chi connectivity index (χ4n) is 3.08. The molecule has 4 atom stereocenters. The smallest absolute Gasteiger partial charge is 0.307 e. The Morgan fingerprint density at radius 1 is 1.18 bits per heavy atom. The number of aliphatic carboxylic acids is 2. The Labute approximate surface area is 102 Å². The molecule has 4 nitrogen and oxygen atoms in total. The van der Waals surface area contributed by atoms with Crippen LogP contribution >= 0.6 is 0 Å². The molecule has 1 rings (SSSR count). The minimum atomic E-state index is -0.849. The molecule has 0 bridgehead atoms. The highest BCUT2D eigenvalue weighted by atomic mass is 16.4. The maximum Gasteiger partial charge on any atom is 0.307 e. The van der Waals surface area contributed by atoms with Gasteiger partial charge in [0.25, 0.3) is 0 Å². The van der Waals surface area contributed by atoms with Gasteiger partial charge in [-0.2, -0.15) is 0 Å². The van der Waals surface area contributed by atoms with Crippen molar-refractivity contribution < 1.29 is 19.8 Å². The second-order valence-corrected chi connectivity index (χ2v) is 5.15. The normalized spacial score (nSPS) is 33.3. The molecule has 98 valence electrons. The molecule has 0 aromatic rings. The van der Waals surface area contributed by atoms with E-state index >= 15 is 0 Å². The van der Waals surface area contributed by atoms with Crippen LogP contribution in [0.2, 0.25) is 0 Å². The van der Waals surface area contributed by atoms with Gasteiger partial charge in [-0.15, -0.1) is 0 Å². The number of rotatable bonds is 5. The van der Waals surface area contributed by atoms with Crippen LogP contribution < -0.4 is 0 Å². The molecule has 0 heterocycles. The summed E-state index contributed by atoms with van der Waals surface area (Å²) in [6, 6.07) is 0. The molecule has 17 heavy (non-hydrogen) atoms. The van der Waals surface area contributed by atoms with E-state index in [2.05, 4.69) is 6.92 Å². The number of carbonyl (C=O) groups is 2. The summed E-state index contributed by atoms with van der Waals surface area (Å²) in [6.07, 6.45) is 4.34. The van der Waals surface area contributed by atoms with Crippen LogP contribution in [-0.2, 0) is 9.59 Å².